The molecule has 0 spiro atoms. The van der Waals surface area contributed by atoms with Crippen molar-refractivity contribution in [3.63, 3.8) is 0 Å². The fraction of sp³-hybridized carbons (Fsp3) is 0.375. The lowest BCUT2D eigenvalue weighted by atomic mass is 10.2. The Labute approximate surface area is 124 Å². The molecular weight excluding hydrogens is 270 g/mol. The Hall–Kier alpha value is -0.770. The van der Waals surface area contributed by atoms with Crippen LogP contribution < -0.4 is 5.32 Å². The third-order valence-corrected chi connectivity index (χ3v) is 5.19. The number of hydrogen-bond donors (Lipinski definition) is 1. The maximum absolute atomic E-state index is 3.59. The van der Waals surface area contributed by atoms with Gasteiger partial charge in [0.05, 0.1) is 0 Å². The highest BCUT2D eigenvalue weighted by atomic mass is 32.2. The largest absolute Gasteiger partial charge is 0.309 e. The molecule has 102 valence electrons. The zero-order valence-corrected chi connectivity index (χ0v) is 13.2. The minimum absolute atomic E-state index is 0.576. The molecule has 3 heteroatoms. The molecule has 0 bridgehead atoms. The van der Waals surface area contributed by atoms with Crippen LogP contribution in [-0.2, 0) is 6.54 Å². The highest BCUT2D eigenvalue weighted by Gasteiger charge is 2.04. The summed E-state index contributed by atoms with van der Waals surface area (Å²) >= 11 is 3.88. The van der Waals surface area contributed by atoms with Crippen LogP contribution in [0.5, 0.6) is 0 Å². The molecule has 1 atom stereocenters. The summed E-state index contributed by atoms with van der Waals surface area (Å²) in [7, 11) is 0. The lowest BCUT2D eigenvalue weighted by Crippen LogP contribution is -2.27. The molecule has 1 unspecified atom stereocenters. The van der Waals surface area contributed by atoms with Gasteiger partial charge in [-0.25, -0.2) is 0 Å². The highest BCUT2D eigenvalue weighted by Crippen LogP contribution is 2.27. The summed E-state index contributed by atoms with van der Waals surface area (Å²) < 4.78 is 0. The Balaban J connectivity index is 1.88. The molecule has 1 aromatic heterocycles. The van der Waals surface area contributed by atoms with Crippen LogP contribution in [0.4, 0.5) is 0 Å². The molecule has 2 aromatic rings. The van der Waals surface area contributed by atoms with E-state index in [0.717, 1.165) is 6.54 Å². The van der Waals surface area contributed by atoms with Crippen LogP contribution in [0.25, 0.3) is 10.4 Å². The van der Waals surface area contributed by atoms with E-state index >= 15 is 0 Å². The van der Waals surface area contributed by atoms with Gasteiger partial charge in [-0.2, -0.15) is 11.8 Å². The Kier molecular flexibility index (Phi) is 5.95. The zero-order valence-electron chi connectivity index (χ0n) is 11.6. The SMILES string of the molecule is CCSCC(C)NCc1ccc(-c2ccccc2)s1. The molecular formula is C16H21NS2. The molecule has 0 radical (unpaired) electrons. The number of thiophene rings is 1. The molecule has 1 aromatic carbocycles. The van der Waals surface area contributed by atoms with E-state index in [1.165, 1.54) is 26.8 Å². The molecule has 0 saturated heterocycles. The fourth-order valence-corrected chi connectivity index (χ4v) is 3.53. The quantitative estimate of drug-likeness (QED) is 0.797. The summed E-state index contributed by atoms with van der Waals surface area (Å²) in [6.45, 7) is 5.44. The Morgan fingerprint density at radius 1 is 1.16 bits per heavy atom. The Morgan fingerprint density at radius 2 is 1.95 bits per heavy atom. The summed E-state index contributed by atoms with van der Waals surface area (Å²) in [5.41, 5.74) is 1.31. The van der Waals surface area contributed by atoms with Gasteiger partial charge >= 0.3 is 0 Å². The third-order valence-electron chi connectivity index (χ3n) is 2.92. The van der Waals surface area contributed by atoms with E-state index in [4.69, 9.17) is 0 Å². The van der Waals surface area contributed by atoms with Crippen molar-refractivity contribution in [2.24, 2.45) is 0 Å². The van der Waals surface area contributed by atoms with Crippen molar-refractivity contribution >= 4 is 23.1 Å². The first kappa shape index (κ1) is 14.6. The minimum Gasteiger partial charge on any atom is -0.309 e. The van der Waals surface area contributed by atoms with Gasteiger partial charge in [0.1, 0.15) is 0 Å². The summed E-state index contributed by atoms with van der Waals surface area (Å²) in [4.78, 5) is 2.76. The average molecular weight is 291 g/mol. The van der Waals surface area contributed by atoms with E-state index in [2.05, 4.69) is 61.6 Å². The zero-order chi connectivity index (χ0) is 13.5. The lowest BCUT2D eigenvalue weighted by Gasteiger charge is -2.11. The van der Waals surface area contributed by atoms with Crippen LogP contribution in [0, 0.1) is 0 Å². The number of rotatable bonds is 7. The van der Waals surface area contributed by atoms with Crippen molar-refractivity contribution in [1.29, 1.82) is 0 Å². The van der Waals surface area contributed by atoms with Crippen LogP contribution in [0.2, 0.25) is 0 Å². The standard InChI is InChI=1S/C16H21NS2/c1-3-18-12-13(2)17-11-15-9-10-16(19-15)14-7-5-4-6-8-14/h4-10,13,17H,3,11-12H2,1-2H3. The molecule has 0 saturated carbocycles. The normalized spacial score (nSPS) is 12.5. The van der Waals surface area contributed by atoms with Crippen molar-refractivity contribution in [2.75, 3.05) is 11.5 Å². The van der Waals surface area contributed by atoms with E-state index in [1.54, 1.807) is 0 Å². The van der Waals surface area contributed by atoms with E-state index < -0.39 is 0 Å². The first-order chi connectivity index (χ1) is 9.29. The molecule has 0 aliphatic rings. The van der Waals surface area contributed by atoms with Gasteiger partial charge in [0.15, 0.2) is 0 Å². The van der Waals surface area contributed by atoms with Gasteiger partial charge in [0, 0.05) is 28.1 Å². The predicted octanol–water partition coefficient (Wildman–Crippen LogP) is 4.65. The average Bonchev–Trinajstić information content (AvgIpc) is 2.93. The molecule has 2 rings (SSSR count). The van der Waals surface area contributed by atoms with Crippen molar-refractivity contribution in [1.82, 2.24) is 5.32 Å². The van der Waals surface area contributed by atoms with Gasteiger partial charge in [0.2, 0.25) is 0 Å². The Morgan fingerprint density at radius 3 is 2.68 bits per heavy atom. The molecule has 1 nitrogen and oxygen atoms in total. The highest BCUT2D eigenvalue weighted by molar-refractivity contribution is 7.99. The van der Waals surface area contributed by atoms with Gasteiger partial charge in [-0.05, 0) is 30.4 Å². The first-order valence-corrected chi connectivity index (χ1v) is 8.72. The second-order valence-corrected chi connectivity index (χ2v) is 7.06. The van der Waals surface area contributed by atoms with Gasteiger partial charge in [-0.15, -0.1) is 11.3 Å². The van der Waals surface area contributed by atoms with Gasteiger partial charge in [-0.3, -0.25) is 0 Å². The molecule has 1 N–H and O–H groups in total. The van der Waals surface area contributed by atoms with E-state index in [0.29, 0.717) is 6.04 Å². The van der Waals surface area contributed by atoms with E-state index in [9.17, 15) is 0 Å². The molecule has 0 aliphatic carbocycles. The fourth-order valence-electron chi connectivity index (χ4n) is 1.86. The van der Waals surface area contributed by atoms with Crippen LogP contribution in [0.15, 0.2) is 42.5 Å². The maximum atomic E-state index is 3.59. The Bertz CT molecular complexity index is 479. The van der Waals surface area contributed by atoms with Gasteiger partial charge in [-0.1, -0.05) is 37.3 Å². The maximum Gasteiger partial charge on any atom is 0.0346 e. The molecule has 0 aliphatic heterocycles. The molecule has 19 heavy (non-hydrogen) atoms. The van der Waals surface area contributed by atoms with Crippen molar-refractivity contribution in [3.8, 4) is 10.4 Å². The lowest BCUT2D eigenvalue weighted by molar-refractivity contribution is 0.600. The van der Waals surface area contributed by atoms with Crippen LogP contribution >= 0.6 is 23.1 Å². The van der Waals surface area contributed by atoms with Gasteiger partial charge < -0.3 is 5.32 Å². The summed E-state index contributed by atoms with van der Waals surface area (Å²) in [5.74, 6) is 2.39. The van der Waals surface area contributed by atoms with Crippen LogP contribution in [-0.4, -0.2) is 17.5 Å². The van der Waals surface area contributed by atoms with Crippen molar-refractivity contribution in [3.05, 3.63) is 47.3 Å². The van der Waals surface area contributed by atoms with Crippen molar-refractivity contribution < 1.29 is 0 Å². The number of thioether (sulfide) groups is 1. The monoisotopic (exact) mass is 291 g/mol. The summed E-state index contributed by atoms with van der Waals surface area (Å²) in [6.07, 6.45) is 0. The minimum atomic E-state index is 0.576. The molecule has 0 amide bonds. The molecule has 1 heterocycles. The number of benzene rings is 1. The van der Waals surface area contributed by atoms with Crippen molar-refractivity contribution in [2.45, 2.75) is 26.4 Å². The number of hydrogen-bond acceptors (Lipinski definition) is 3. The summed E-state index contributed by atoms with van der Waals surface area (Å²) in [5, 5.41) is 3.59. The topological polar surface area (TPSA) is 12.0 Å². The van der Waals surface area contributed by atoms with Crippen LogP contribution in [0.3, 0.4) is 0 Å². The predicted molar refractivity (Wildman–Crippen MR) is 89.1 cm³/mol. The van der Waals surface area contributed by atoms with Gasteiger partial charge in [0.25, 0.3) is 0 Å². The second kappa shape index (κ2) is 7.73. The van der Waals surface area contributed by atoms with E-state index in [1.807, 2.05) is 23.1 Å². The van der Waals surface area contributed by atoms with E-state index in [-0.39, 0.29) is 0 Å². The molecule has 0 fully saturated rings. The number of nitrogens with one attached hydrogen (secondary N) is 1. The second-order valence-electron chi connectivity index (χ2n) is 4.57. The third kappa shape index (κ3) is 4.68. The first-order valence-electron chi connectivity index (χ1n) is 6.75. The van der Waals surface area contributed by atoms with Crippen LogP contribution in [0.1, 0.15) is 18.7 Å². The summed E-state index contributed by atoms with van der Waals surface area (Å²) in [6, 6.07) is 15.6. The smallest absolute Gasteiger partial charge is 0.0346 e.